The molecule has 1 fully saturated rings. The molecule has 0 saturated carbocycles. The Morgan fingerprint density at radius 2 is 1.88 bits per heavy atom. The zero-order valence-corrected chi connectivity index (χ0v) is 19.9. The van der Waals surface area contributed by atoms with Gasteiger partial charge in [-0.05, 0) is 56.5 Å². The van der Waals surface area contributed by atoms with E-state index in [4.69, 9.17) is 0 Å². The van der Waals surface area contributed by atoms with Gasteiger partial charge in [-0.1, -0.05) is 44.5 Å². The average Bonchev–Trinajstić information content (AvgIpc) is 2.82. The summed E-state index contributed by atoms with van der Waals surface area (Å²) in [5, 5.41) is 3.03. The van der Waals surface area contributed by atoms with Crippen LogP contribution in [0.25, 0.3) is 22.3 Å². The van der Waals surface area contributed by atoms with Crippen LogP contribution in [0.1, 0.15) is 50.4 Å². The molecule has 0 spiro atoms. The molecule has 1 amide bonds. The van der Waals surface area contributed by atoms with Crippen molar-refractivity contribution >= 4 is 16.9 Å². The third kappa shape index (κ3) is 5.33. The van der Waals surface area contributed by atoms with Crippen LogP contribution >= 0.6 is 0 Å². The Bertz CT molecular complexity index is 1170. The second-order valence-corrected chi connectivity index (χ2v) is 9.47. The Balaban J connectivity index is 1.50. The van der Waals surface area contributed by atoms with Crippen molar-refractivity contribution in [3.8, 4) is 11.3 Å². The minimum Gasteiger partial charge on any atom is -0.351 e. The van der Waals surface area contributed by atoms with Crippen LogP contribution in [-0.2, 0) is 6.54 Å². The first-order valence-corrected chi connectivity index (χ1v) is 12.1. The molecule has 0 radical (unpaired) electrons. The first kappa shape index (κ1) is 23.2. The lowest BCUT2D eigenvalue weighted by Crippen LogP contribution is -2.42. The van der Waals surface area contributed by atoms with Gasteiger partial charge in [-0.3, -0.25) is 14.5 Å². The van der Waals surface area contributed by atoms with Crippen molar-refractivity contribution in [3.63, 3.8) is 0 Å². The highest BCUT2D eigenvalue weighted by Crippen LogP contribution is 2.19. The molecular formula is C27H34N4O2. The van der Waals surface area contributed by atoms with Crippen LogP contribution in [-0.4, -0.2) is 46.0 Å². The quantitative estimate of drug-likeness (QED) is 0.587. The van der Waals surface area contributed by atoms with Gasteiger partial charge in [0, 0.05) is 36.8 Å². The van der Waals surface area contributed by atoms with Gasteiger partial charge in [0.05, 0.1) is 11.0 Å². The maximum Gasteiger partial charge on any atom is 0.277 e. The predicted molar refractivity (Wildman–Crippen MR) is 133 cm³/mol. The summed E-state index contributed by atoms with van der Waals surface area (Å²) in [6.45, 7) is 9.71. The minimum absolute atomic E-state index is 0.0881. The fourth-order valence-corrected chi connectivity index (χ4v) is 4.61. The Morgan fingerprint density at radius 1 is 1.12 bits per heavy atom. The Morgan fingerprint density at radius 3 is 2.61 bits per heavy atom. The van der Waals surface area contributed by atoms with Crippen LogP contribution < -0.4 is 10.9 Å². The van der Waals surface area contributed by atoms with Crippen molar-refractivity contribution in [2.24, 2.45) is 5.92 Å². The van der Waals surface area contributed by atoms with Crippen LogP contribution in [0.4, 0.5) is 0 Å². The third-order valence-corrected chi connectivity index (χ3v) is 6.45. The lowest BCUT2D eigenvalue weighted by atomic mass is 10.0. The molecule has 0 unspecified atom stereocenters. The van der Waals surface area contributed by atoms with E-state index < -0.39 is 0 Å². The average molecular weight is 447 g/mol. The fourth-order valence-electron chi connectivity index (χ4n) is 4.61. The van der Waals surface area contributed by atoms with E-state index in [1.165, 1.54) is 19.3 Å². The van der Waals surface area contributed by atoms with Gasteiger partial charge >= 0.3 is 0 Å². The molecule has 1 aromatic heterocycles. The highest BCUT2D eigenvalue weighted by Gasteiger charge is 2.18. The number of nitrogens with one attached hydrogen (secondary N) is 1. The smallest absolute Gasteiger partial charge is 0.277 e. The van der Waals surface area contributed by atoms with Crippen LogP contribution in [0, 0.1) is 5.92 Å². The number of carbonyl (C=O) groups excluding carboxylic acids is 1. The molecule has 0 bridgehead atoms. The van der Waals surface area contributed by atoms with E-state index in [0.717, 1.165) is 29.7 Å². The van der Waals surface area contributed by atoms with Crippen LogP contribution in [0.3, 0.4) is 0 Å². The van der Waals surface area contributed by atoms with E-state index in [2.05, 4.69) is 36.0 Å². The number of piperidine rings is 1. The predicted octanol–water partition coefficient (Wildman–Crippen LogP) is 4.32. The summed E-state index contributed by atoms with van der Waals surface area (Å²) < 4.78 is 1.81. The van der Waals surface area contributed by atoms with Crippen LogP contribution in [0.2, 0.25) is 0 Å². The second kappa shape index (κ2) is 10.3. The van der Waals surface area contributed by atoms with Crippen molar-refractivity contribution in [3.05, 3.63) is 64.4 Å². The first-order chi connectivity index (χ1) is 15.9. The molecule has 3 aromatic rings. The van der Waals surface area contributed by atoms with E-state index in [1.807, 2.05) is 41.0 Å². The maximum absolute atomic E-state index is 13.3. The van der Waals surface area contributed by atoms with Gasteiger partial charge in [-0.25, -0.2) is 4.98 Å². The molecule has 6 nitrogen and oxygen atoms in total. The summed E-state index contributed by atoms with van der Waals surface area (Å²) >= 11 is 0. The molecule has 0 aliphatic carbocycles. The summed E-state index contributed by atoms with van der Waals surface area (Å²) in [4.78, 5) is 33.0. The summed E-state index contributed by atoms with van der Waals surface area (Å²) in [6, 6.07) is 15.5. The number of hydrogen-bond donors (Lipinski definition) is 1. The van der Waals surface area contributed by atoms with Crippen molar-refractivity contribution in [2.75, 3.05) is 19.6 Å². The summed E-state index contributed by atoms with van der Waals surface area (Å²) in [5.41, 5.74) is 3.27. The molecule has 1 atom stereocenters. The van der Waals surface area contributed by atoms with Gasteiger partial charge in [0.1, 0.15) is 5.69 Å². The van der Waals surface area contributed by atoms with Gasteiger partial charge in [-0.2, -0.15) is 0 Å². The van der Waals surface area contributed by atoms with Gasteiger partial charge in [-0.15, -0.1) is 0 Å². The van der Waals surface area contributed by atoms with E-state index in [9.17, 15) is 9.59 Å². The standard InChI is InChI=1S/C27H34N4O2/c1-19(2)18-31-24-10-5-4-9-23(24)29-25(27(31)33)21-11-13-22(14-12-21)26(32)28-15-17-30-16-7-6-8-20(30)3/h4-5,9-14,19-20H,6-8,15-18H2,1-3H3,(H,28,32)/t20-/m0/s1. The first-order valence-electron chi connectivity index (χ1n) is 12.1. The highest BCUT2D eigenvalue weighted by molar-refractivity contribution is 5.94. The molecular weight excluding hydrogens is 412 g/mol. The summed E-state index contributed by atoms with van der Waals surface area (Å²) in [6.07, 6.45) is 3.77. The molecule has 2 heterocycles. The van der Waals surface area contributed by atoms with Crippen molar-refractivity contribution in [1.82, 2.24) is 19.8 Å². The number of nitrogens with zero attached hydrogens (tertiary/aromatic N) is 3. The molecule has 2 aromatic carbocycles. The van der Waals surface area contributed by atoms with E-state index in [-0.39, 0.29) is 11.5 Å². The topological polar surface area (TPSA) is 67.2 Å². The molecule has 1 aliphatic rings. The van der Waals surface area contributed by atoms with Crippen molar-refractivity contribution in [1.29, 1.82) is 0 Å². The molecule has 33 heavy (non-hydrogen) atoms. The summed E-state index contributed by atoms with van der Waals surface area (Å²) in [7, 11) is 0. The van der Waals surface area contributed by atoms with Gasteiger partial charge in [0.2, 0.25) is 0 Å². The zero-order chi connectivity index (χ0) is 23.4. The normalized spacial score (nSPS) is 16.9. The number of amides is 1. The monoisotopic (exact) mass is 446 g/mol. The minimum atomic E-state index is -0.102. The van der Waals surface area contributed by atoms with Crippen molar-refractivity contribution < 1.29 is 4.79 Å². The highest BCUT2D eigenvalue weighted by atomic mass is 16.1. The number of benzene rings is 2. The van der Waals surface area contributed by atoms with Gasteiger partial charge < -0.3 is 9.88 Å². The largest absolute Gasteiger partial charge is 0.351 e. The molecule has 6 heteroatoms. The van der Waals surface area contributed by atoms with E-state index >= 15 is 0 Å². The molecule has 1 saturated heterocycles. The third-order valence-electron chi connectivity index (χ3n) is 6.45. The second-order valence-electron chi connectivity index (χ2n) is 9.47. The number of aromatic nitrogens is 2. The fraction of sp³-hybridized carbons (Fsp3) is 0.444. The van der Waals surface area contributed by atoms with Gasteiger partial charge in [0.15, 0.2) is 0 Å². The summed E-state index contributed by atoms with van der Waals surface area (Å²) in [5.74, 6) is 0.246. The van der Waals surface area contributed by atoms with Crippen LogP contribution in [0.5, 0.6) is 0 Å². The number of para-hydroxylation sites is 2. The SMILES string of the molecule is CC(C)Cn1c(=O)c(-c2ccc(C(=O)NCCN3CCCC[C@@H]3C)cc2)nc2ccccc21. The maximum atomic E-state index is 13.3. The zero-order valence-electron chi connectivity index (χ0n) is 19.9. The number of fused-ring (bicyclic) bond motifs is 1. The molecule has 1 aliphatic heterocycles. The number of rotatable bonds is 7. The molecule has 1 N–H and O–H groups in total. The Labute approximate surface area is 195 Å². The van der Waals surface area contributed by atoms with Crippen molar-refractivity contribution in [2.45, 2.75) is 52.6 Å². The van der Waals surface area contributed by atoms with E-state index in [0.29, 0.717) is 36.3 Å². The van der Waals surface area contributed by atoms with E-state index in [1.54, 1.807) is 12.1 Å². The molecule has 174 valence electrons. The lowest BCUT2D eigenvalue weighted by molar-refractivity contribution is 0.0938. The number of carbonyl (C=O) groups is 1. The molecule has 4 rings (SSSR count). The lowest BCUT2D eigenvalue weighted by Gasteiger charge is -2.33. The number of likely N-dealkylation sites (tertiary alicyclic amines) is 1. The Hall–Kier alpha value is -2.99. The number of hydrogen-bond acceptors (Lipinski definition) is 4. The van der Waals surface area contributed by atoms with Crippen LogP contribution in [0.15, 0.2) is 53.3 Å². The Kier molecular flexibility index (Phi) is 7.23. The van der Waals surface area contributed by atoms with Gasteiger partial charge in [0.25, 0.3) is 11.5 Å².